The summed E-state index contributed by atoms with van der Waals surface area (Å²) in [5, 5.41) is 12.5. The van der Waals surface area contributed by atoms with Crippen LogP contribution in [0.1, 0.15) is 40.3 Å². The number of anilines is 1. The first-order valence-electron chi connectivity index (χ1n) is 12.4. The van der Waals surface area contributed by atoms with Crippen molar-refractivity contribution < 1.29 is 4.79 Å². The third-order valence-electron chi connectivity index (χ3n) is 6.41. The molecule has 3 N–H and O–H groups in total. The van der Waals surface area contributed by atoms with Gasteiger partial charge in [0.25, 0.3) is 11.5 Å². The van der Waals surface area contributed by atoms with Crippen LogP contribution in [0.3, 0.4) is 0 Å². The van der Waals surface area contributed by atoms with Crippen LogP contribution in [0.4, 0.5) is 5.82 Å². The molecule has 196 valence electrons. The number of hydrogen-bond donors (Lipinski definition) is 2. The monoisotopic (exact) mass is 529 g/mol. The Bertz CT molecular complexity index is 2030. The minimum atomic E-state index is -0.699. The number of fused-ring (bicyclic) bond motifs is 2. The fourth-order valence-corrected chi connectivity index (χ4v) is 4.53. The summed E-state index contributed by atoms with van der Waals surface area (Å²) in [6.07, 6.45) is 8.28. The lowest BCUT2D eigenvalue weighted by Crippen LogP contribution is -2.35. The lowest BCUT2D eigenvalue weighted by molar-refractivity contribution is 0.0939. The smallest absolute Gasteiger partial charge is 0.283 e. The van der Waals surface area contributed by atoms with Crippen molar-refractivity contribution in [3.8, 4) is 17.5 Å². The van der Waals surface area contributed by atoms with E-state index in [1.54, 1.807) is 72.9 Å². The van der Waals surface area contributed by atoms with Crippen molar-refractivity contribution in [1.29, 1.82) is 0 Å². The van der Waals surface area contributed by atoms with E-state index >= 15 is 0 Å². The van der Waals surface area contributed by atoms with E-state index in [0.29, 0.717) is 33.5 Å². The summed E-state index contributed by atoms with van der Waals surface area (Å²) in [5.41, 5.74) is 8.52. The topological polar surface area (TPSA) is 138 Å². The summed E-state index contributed by atoms with van der Waals surface area (Å²) in [6.45, 7) is 1.75. The standard InChI is InChI=1S/C29H23N9O2/c1-18(34-28(39)23-24-21(7-6-13-31-24)16-32-26(23)30)27-35-37-14-12-20(11-10-19-15-33-36(2)17-19)25(37)29(40)38(27)22-8-4-3-5-9-22/h3-9,12-18H,1-2H3,(H2,30,32)(H,34,39). The minimum Gasteiger partial charge on any atom is -0.383 e. The minimum absolute atomic E-state index is 0.0574. The third-order valence-corrected chi connectivity index (χ3v) is 6.41. The Kier molecular flexibility index (Phi) is 6.05. The molecule has 1 atom stereocenters. The van der Waals surface area contributed by atoms with Gasteiger partial charge in [-0.05, 0) is 37.3 Å². The summed E-state index contributed by atoms with van der Waals surface area (Å²) in [7, 11) is 1.81. The molecule has 0 spiro atoms. The number of para-hydroxylation sites is 1. The van der Waals surface area contributed by atoms with Gasteiger partial charge in [0.1, 0.15) is 16.9 Å². The first-order chi connectivity index (χ1) is 19.4. The van der Waals surface area contributed by atoms with Gasteiger partial charge in [-0.15, -0.1) is 0 Å². The number of carbonyl (C=O) groups is 1. The van der Waals surface area contributed by atoms with Gasteiger partial charge < -0.3 is 11.1 Å². The Labute approximate surface area is 227 Å². The van der Waals surface area contributed by atoms with Crippen molar-refractivity contribution in [2.75, 3.05) is 5.73 Å². The maximum Gasteiger partial charge on any atom is 0.283 e. The van der Waals surface area contributed by atoms with Crippen LogP contribution >= 0.6 is 0 Å². The highest BCUT2D eigenvalue weighted by atomic mass is 16.2. The van der Waals surface area contributed by atoms with Crippen LogP contribution in [0.15, 0.2) is 84.3 Å². The molecule has 0 fully saturated rings. The van der Waals surface area contributed by atoms with Gasteiger partial charge in [0, 0.05) is 37.2 Å². The molecule has 0 aliphatic heterocycles. The van der Waals surface area contributed by atoms with Crippen molar-refractivity contribution in [2.24, 2.45) is 7.05 Å². The van der Waals surface area contributed by atoms with Gasteiger partial charge in [-0.1, -0.05) is 30.0 Å². The zero-order valence-corrected chi connectivity index (χ0v) is 21.6. The fourth-order valence-electron chi connectivity index (χ4n) is 4.53. The number of nitrogens with zero attached hydrogens (tertiary/aromatic N) is 7. The number of pyridine rings is 2. The van der Waals surface area contributed by atoms with Gasteiger partial charge in [-0.3, -0.25) is 23.8 Å². The molecule has 6 rings (SSSR count). The molecule has 5 heterocycles. The van der Waals surface area contributed by atoms with Crippen molar-refractivity contribution in [3.05, 3.63) is 112 Å². The largest absolute Gasteiger partial charge is 0.383 e. The molecule has 11 heteroatoms. The van der Waals surface area contributed by atoms with Gasteiger partial charge in [0.2, 0.25) is 0 Å². The normalized spacial score (nSPS) is 11.8. The lowest BCUT2D eigenvalue weighted by Gasteiger charge is -2.19. The maximum atomic E-state index is 14.0. The molecule has 40 heavy (non-hydrogen) atoms. The summed E-state index contributed by atoms with van der Waals surface area (Å²) < 4.78 is 4.63. The highest BCUT2D eigenvalue weighted by molar-refractivity contribution is 6.09. The van der Waals surface area contributed by atoms with Gasteiger partial charge in [-0.2, -0.15) is 10.2 Å². The Balaban J connectivity index is 1.45. The molecule has 0 saturated heterocycles. The number of nitrogens with one attached hydrogen (secondary N) is 1. The number of carbonyl (C=O) groups excluding carboxylic acids is 1. The van der Waals surface area contributed by atoms with Crippen molar-refractivity contribution in [3.63, 3.8) is 0 Å². The number of hydrogen-bond acceptors (Lipinski definition) is 7. The average molecular weight is 530 g/mol. The molecule has 11 nitrogen and oxygen atoms in total. The van der Waals surface area contributed by atoms with Crippen LogP contribution in [0.25, 0.3) is 22.1 Å². The van der Waals surface area contributed by atoms with Gasteiger partial charge in [0.05, 0.1) is 34.6 Å². The highest BCUT2D eigenvalue weighted by Gasteiger charge is 2.24. The van der Waals surface area contributed by atoms with Gasteiger partial charge in [0.15, 0.2) is 5.82 Å². The van der Waals surface area contributed by atoms with E-state index in [0.717, 1.165) is 5.56 Å². The van der Waals surface area contributed by atoms with E-state index in [4.69, 9.17) is 10.8 Å². The molecule has 1 aromatic carbocycles. The number of nitrogen functional groups attached to an aromatic ring is 1. The third kappa shape index (κ3) is 4.33. The molecule has 5 aromatic heterocycles. The molecule has 0 radical (unpaired) electrons. The number of amides is 1. The van der Waals surface area contributed by atoms with E-state index in [9.17, 15) is 9.59 Å². The maximum absolute atomic E-state index is 14.0. The number of benzene rings is 1. The summed E-state index contributed by atoms with van der Waals surface area (Å²) in [5.74, 6) is 6.01. The van der Waals surface area contributed by atoms with E-state index in [1.165, 1.54) is 9.08 Å². The second-order valence-electron chi connectivity index (χ2n) is 9.16. The zero-order chi connectivity index (χ0) is 27.8. The zero-order valence-electron chi connectivity index (χ0n) is 21.6. The molecule has 0 saturated carbocycles. The number of nitrogens with two attached hydrogens (primary N) is 1. The first kappa shape index (κ1) is 24.6. The number of rotatable bonds is 4. The Hall–Kier alpha value is -5.76. The number of aromatic nitrogens is 7. The Morgan fingerprint density at radius 2 is 1.88 bits per heavy atom. The van der Waals surface area contributed by atoms with Crippen LogP contribution in [0.5, 0.6) is 0 Å². The predicted octanol–water partition coefficient (Wildman–Crippen LogP) is 2.63. The Morgan fingerprint density at radius 1 is 1.05 bits per heavy atom. The molecular weight excluding hydrogens is 506 g/mol. The Morgan fingerprint density at radius 3 is 2.65 bits per heavy atom. The number of aryl methyl sites for hydroxylation is 1. The molecule has 1 unspecified atom stereocenters. The molecule has 6 aromatic rings. The molecule has 0 aliphatic carbocycles. The van der Waals surface area contributed by atoms with Crippen molar-refractivity contribution in [2.45, 2.75) is 13.0 Å². The summed E-state index contributed by atoms with van der Waals surface area (Å²) in [6, 6.07) is 13.7. The summed E-state index contributed by atoms with van der Waals surface area (Å²) in [4.78, 5) is 36.0. The van der Waals surface area contributed by atoms with Crippen molar-refractivity contribution >= 4 is 28.1 Å². The fraction of sp³-hybridized carbons (Fsp3) is 0.103. The summed E-state index contributed by atoms with van der Waals surface area (Å²) >= 11 is 0. The van der Waals surface area contributed by atoms with Crippen molar-refractivity contribution in [1.82, 2.24) is 39.2 Å². The second kappa shape index (κ2) is 9.85. The van der Waals surface area contributed by atoms with Crippen LogP contribution in [0.2, 0.25) is 0 Å². The molecule has 0 aliphatic rings. The van der Waals surface area contributed by atoms with Crippen LogP contribution in [0, 0.1) is 11.8 Å². The quantitative estimate of drug-likeness (QED) is 0.335. The first-order valence-corrected chi connectivity index (χ1v) is 12.4. The van der Waals surface area contributed by atoms with Crippen LogP contribution in [-0.2, 0) is 7.05 Å². The predicted molar refractivity (Wildman–Crippen MR) is 150 cm³/mol. The van der Waals surface area contributed by atoms with E-state index in [1.807, 2.05) is 25.2 Å². The lowest BCUT2D eigenvalue weighted by atomic mass is 10.1. The molecule has 0 bridgehead atoms. The van der Waals surface area contributed by atoms with Crippen LogP contribution in [-0.4, -0.2) is 39.8 Å². The molecule has 1 amide bonds. The van der Waals surface area contributed by atoms with Gasteiger partial charge >= 0.3 is 0 Å². The molecular formula is C29H23N9O2. The SMILES string of the molecule is CC(NC(=O)c1c(N)ncc2cccnc12)c1nn2ccc(C#Cc3cnn(C)c3)c2c(=O)n1-c1ccccc1. The van der Waals surface area contributed by atoms with Gasteiger partial charge in [-0.25, -0.2) is 9.50 Å². The second-order valence-corrected chi connectivity index (χ2v) is 9.16. The van der Waals surface area contributed by atoms with E-state index in [-0.39, 0.29) is 16.9 Å². The van der Waals surface area contributed by atoms with E-state index in [2.05, 4.69) is 32.2 Å². The van der Waals surface area contributed by atoms with E-state index < -0.39 is 11.9 Å². The van der Waals surface area contributed by atoms with Crippen LogP contribution < -0.4 is 16.6 Å². The highest BCUT2D eigenvalue weighted by Crippen LogP contribution is 2.22. The average Bonchev–Trinajstić information content (AvgIpc) is 3.57.